The fourth-order valence-corrected chi connectivity index (χ4v) is 3.61. The van der Waals surface area contributed by atoms with Gasteiger partial charge in [-0.05, 0) is 56.7 Å². The number of halogens is 3. The molecule has 2 aromatic heterocycles. The van der Waals surface area contributed by atoms with Gasteiger partial charge in [-0.25, -0.2) is 9.97 Å². The van der Waals surface area contributed by atoms with Crippen LogP contribution in [0.25, 0.3) is 11.0 Å². The van der Waals surface area contributed by atoms with E-state index in [2.05, 4.69) is 27.1 Å². The molecule has 178 valence electrons. The molecule has 0 aliphatic heterocycles. The lowest BCUT2D eigenvalue weighted by Crippen LogP contribution is -2.13. The number of hydrogen-bond acceptors (Lipinski definition) is 4. The Morgan fingerprint density at radius 1 is 1.09 bits per heavy atom. The van der Waals surface area contributed by atoms with Gasteiger partial charge in [0.2, 0.25) is 0 Å². The fraction of sp³-hybridized carbons (Fsp3) is 0.192. The molecule has 1 amide bonds. The van der Waals surface area contributed by atoms with Crippen molar-refractivity contribution in [3.05, 3.63) is 82.8 Å². The number of nitrogen functional groups attached to an aromatic ring is 1. The van der Waals surface area contributed by atoms with Crippen LogP contribution in [0.1, 0.15) is 52.5 Å². The number of amides is 1. The Balaban J connectivity index is 1.66. The van der Waals surface area contributed by atoms with Gasteiger partial charge in [-0.15, -0.1) is 0 Å². The minimum Gasteiger partial charge on any atom is -0.383 e. The Kier molecular flexibility index (Phi) is 6.22. The lowest BCUT2D eigenvalue weighted by molar-refractivity contribution is -0.137. The van der Waals surface area contributed by atoms with E-state index in [0.29, 0.717) is 28.0 Å². The van der Waals surface area contributed by atoms with Crippen LogP contribution in [-0.2, 0) is 6.18 Å². The maximum Gasteiger partial charge on any atom is 0.416 e. The van der Waals surface area contributed by atoms with Crippen LogP contribution in [0.2, 0.25) is 0 Å². The van der Waals surface area contributed by atoms with E-state index in [0.717, 1.165) is 17.7 Å². The van der Waals surface area contributed by atoms with E-state index in [1.165, 1.54) is 18.5 Å². The molecule has 0 aliphatic carbocycles. The molecule has 4 aromatic rings. The van der Waals surface area contributed by atoms with Crippen molar-refractivity contribution in [2.24, 2.45) is 0 Å². The molecule has 0 aliphatic rings. The monoisotopic (exact) mass is 477 g/mol. The number of nitrogens with two attached hydrogens (primary N) is 1. The van der Waals surface area contributed by atoms with Crippen LogP contribution in [0.15, 0.2) is 55.0 Å². The first-order chi connectivity index (χ1) is 16.5. The first-order valence-corrected chi connectivity index (χ1v) is 10.8. The normalized spacial score (nSPS) is 11.4. The number of rotatable bonds is 3. The smallest absolute Gasteiger partial charge is 0.383 e. The second-order valence-electron chi connectivity index (χ2n) is 8.31. The van der Waals surface area contributed by atoms with Crippen molar-refractivity contribution in [3.63, 3.8) is 0 Å². The van der Waals surface area contributed by atoms with Crippen LogP contribution < -0.4 is 11.1 Å². The Morgan fingerprint density at radius 2 is 1.83 bits per heavy atom. The third kappa shape index (κ3) is 4.96. The average molecular weight is 477 g/mol. The maximum atomic E-state index is 13.0. The molecule has 35 heavy (non-hydrogen) atoms. The molecule has 0 unspecified atom stereocenters. The topological polar surface area (TPSA) is 85.8 Å². The predicted octanol–water partition coefficient (Wildman–Crippen LogP) is 5.57. The molecular formula is C26H22F3N5O. The van der Waals surface area contributed by atoms with Gasteiger partial charge in [-0.2, -0.15) is 13.2 Å². The van der Waals surface area contributed by atoms with Crippen LogP contribution in [0.3, 0.4) is 0 Å². The van der Waals surface area contributed by atoms with Crippen molar-refractivity contribution >= 4 is 28.4 Å². The second-order valence-corrected chi connectivity index (χ2v) is 8.31. The predicted molar refractivity (Wildman–Crippen MR) is 129 cm³/mol. The van der Waals surface area contributed by atoms with Crippen LogP contribution >= 0.6 is 0 Å². The zero-order chi connectivity index (χ0) is 25.3. The number of hydrogen-bond donors (Lipinski definition) is 2. The van der Waals surface area contributed by atoms with Crippen molar-refractivity contribution < 1.29 is 18.0 Å². The van der Waals surface area contributed by atoms with Gasteiger partial charge in [0.15, 0.2) is 0 Å². The second kappa shape index (κ2) is 9.14. The Bertz CT molecular complexity index is 1490. The van der Waals surface area contributed by atoms with Gasteiger partial charge in [0.1, 0.15) is 17.8 Å². The number of carbonyl (C=O) groups is 1. The lowest BCUT2D eigenvalue weighted by Gasteiger charge is -2.10. The first-order valence-electron chi connectivity index (χ1n) is 10.8. The largest absolute Gasteiger partial charge is 0.416 e. The van der Waals surface area contributed by atoms with Gasteiger partial charge in [0.05, 0.1) is 16.5 Å². The van der Waals surface area contributed by atoms with Gasteiger partial charge in [0, 0.05) is 29.1 Å². The van der Waals surface area contributed by atoms with Gasteiger partial charge < -0.3 is 15.6 Å². The van der Waals surface area contributed by atoms with Crippen LogP contribution in [0, 0.1) is 18.8 Å². The highest BCUT2D eigenvalue weighted by Gasteiger charge is 2.30. The molecule has 0 saturated heterocycles. The average Bonchev–Trinajstić information content (AvgIpc) is 3.18. The standard InChI is InChI=1S/C26H22F3N5O/c1-15(2)34-13-19(22-23(30)31-14-32-24(22)34)10-9-17-11-18(8-7-16(17)3)25(35)33-21-6-4-5-20(12-21)26(27,28)29/h4-8,11-15H,1-3H3,(H,33,35)(H2,30,31,32). The van der Waals surface area contributed by atoms with Crippen LogP contribution in [0.5, 0.6) is 0 Å². The zero-order valence-electron chi connectivity index (χ0n) is 19.2. The highest BCUT2D eigenvalue weighted by Crippen LogP contribution is 2.31. The minimum atomic E-state index is -4.50. The number of aryl methyl sites for hydroxylation is 1. The van der Waals surface area contributed by atoms with E-state index in [4.69, 9.17) is 5.73 Å². The van der Waals surface area contributed by atoms with Crippen molar-refractivity contribution in [2.75, 3.05) is 11.1 Å². The Hall–Kier alpha value is -4.32. The molecule has 0 fully saturated rings. The molecule has 0 radical (unpaired) electrons. The molecule has 9 heteroatoms. The molecular weight excluding hydrogens is 455 g/mol. The van der Waals surface area contributed by atoms with E-state index < -0.39 is 17.6 Å². The van der Waals surface area contributed by atoms with Crippen molar-refractivity contribution in [2.45, 2.75) is 33.0 Å². The summed E-state index contributed by atoms with van der Waals surface area (Å²) in [7, 11) is 0. The molecule has 2 heterocycles. The number of benzene rings is 2. The van der Waals surface area contributed by atoms with E-state index in [-0.39, 0.29) is 17.3 Å². The van der Waals surface area contributed by atoms with E-state index in [1.807, 2.05) is 31.5 Å². The third-order valence-corrected chi connectivity index (χ3v) is 5.47. The minimum absolute atomic E-state index is 0.0509. The summed E-state index contributed by atoms with van der Waals surface area (Å²) in [5.74, 6) is 5.98. The first kappa shape index (κ1) is 23.8. The van der Waals surface area contributed by atoms with E-state index >= 15 is 0 Å². The molecule has 4 rings (SSSR count). The quantitative estimate of drug-likeness (QED) is 0.378. The van der Waals surface area contributed by atoms with Crippen LogP contribution in [0.4, 0.5) is 24.7 Å². The van der Waals surface area contributed by atoms with Gasteiger partial charge in [-0.1, -0.05) is 24.0 Å². The summed E-state index contributed by atoms with van der Waals surface area (Å²) in [6.45, 7) is 5.89. The van der Waals surface area contributed by atoms with E-state index in [9.17, 15) is 18.0 Å². The number of nitrogens with zero attached hydrogens (tertiary/aromatic N) is 3. The van der Waals surface area contributed by atoms with Gasteiger partial charge >= 0.3 is 6.18 Å². The number of aromatic nitrogens is 3. The molecule has 2 aromatic carbocycles. The lowest BCUT2D eigenvalue weighted by atomic mass is 10.0. The summed E-state index contributed by atoms with van der Waals surface area (Å²) < 4.78 is 40.9. The van der Waals surface area contributed by atoms with Gasteiger partial charge in [-0.3, -0.25) is 4.79 Å². The van der Waals surface area contributed by atoms with Gasteiger partial charge in [0.25, 0.3) is 5.91 Å². The highest BCUT2D eigenvalue weighted by molar-refractivity contribution is 6.04. The maximum absolute atomic E-state index is 13.0. The Morgan fingerprint density at radius 3 is 2.54 bits per heavy atom. The number of nitrogens with one attached hydrogen (secondary N) is 1. The molecule has 0 bridgehead atoms. The fourth-order valence-electron chi connectivity index (χ4n) is 3.61. The third-order valence-electron chi connectivity index (χ3n) is 5.47. The number of fused-ring (bicyclic) bond motifs is 1. The van der Waals surface area contributed by atoms with Crippen molar-refractivity contribution in [1.82, 2.24) is 14.5 Å². The summed E-state index contributed by atoms with van der Waals surface area (Å²) in [4.78, 5) is 21.1. The number of anilines is 2. The van der Waals surface area contributed by atoms with Crippen molar-refractivity contribution in [1.29, 1.82) is 0 Å². The molecule has 0 atom stereocenters. The summed E-state index contributed by atoms with van der Waals surface area (Å²) in [6, 6.07) is 9.55. The summed E-state index contributed by atoms with van der Waals surface area (Å²) in [5.41, 5.74) is 8.35. The zero-order valence-corrected chi connectivity index (χ0v) is 19.2. The summed E-state index contributed by atoms with van der Waals surface area (Å²) in [6.07, 6.45) is -1.22. The Labute approximate surface area is 200 Å². The summed E-state index contributed by atoms with van der Waals surface area (Å²) >= 11 is 0. The SMILES string of the molecule is Cc1ccc(C(=O)Nc2cccc(C(F)(F)F)c2)cc1C#Cc1cn(C(C)C)c2ncnc(N)c12. The van der Waals surface area contributed by atoms with Crippen LogP contribution in [-0.4, -0.2) is 20.4 Å². The molecule has 3 N–H and O–H groups in total. The molecule has 6 nitrogen and oxygen atoms in total. The number of carbonyl (C=O) groups excluding carboxylic acids is 1. The summed E-state index contributed by atoms with van der Waals surface area (Å²) in [5, 5.41) is 3.17. The molecule has 0 spiro atoms. The van der Waals surface area contributed by atoms with Crippen molar-refractivity contribution in [3.8, 4) is 11.8 Å². The number of alkyl halides is 3. The molecule has 0 saturated carbocycles. The highest BCUT2D eigenvalue weighted by atomic mass is 19.4. The van der Waals surface area contributed by atoms with E-state index in [1.54, 1.807) is 18.2 Å².